The molecule has 8 nitrogen and oxygen atoms in total. The van der Waals surface area contributed by atoms with Gasteiger partial charge < -0.3 is 20.1 Å². The molecule has 0 fully saturated rings. The highest BCUT2D eigenvalue weighted by molar-refractivity contribution is 7.17. The molecule has 2 aromatic rings. The first-order valence-electron chi connectivity index (χ1n) is 9.17. The van der Waals surface area contributed by atoms with Crippen LogP contribution in [-0.4, -0.2) is 42.5 Å². The van der Waals surface area contributed by atoms with Crippen LogP contribution >= 0.6 is 11.3 Å². The number of nitrogens with one attached hydrogen (secondary N) is 2. The number of benzene rings is 1. The van der Waals surface area contributed by atoms with Crippen LogP contribution in [0.25, 0.3) is 0 Å². The largest absolute Gasteiger partial charge is 0.497 e. The maximum absolute atomic E-state index is 12.7. The Balaban J connectivity index is 2.10. The first-order valence-corrected chi connectivity index (χ1v) is 9.98. The number of rotatable bonds is 8. The summed E-state index contributed by atoms with van der Waals surface area (Å²) in [6.07, 6.45) is 0. The van der Waals surface area contributed by atoms with Gasteiger partial charge in [0.15, 0.2) is 5.13 Å². The van der Waals surface area contributed by atoms with Crippen LogP contribution in [0.1, 0.15) is 46.5 Å². The molecule has 1 unspecified atom stereocenters. The van der Waals surface area contributed by atoms with Crippen LogP contribution in [0.15, 0.2) is 24.3 Å². The summed E-state index contributed by atoms with van der Waals surface area (Å²) in [7, 11) is 1.54. The number of nitrogens with zero attached hydrogens (tertiary/aromatic N) is 1. The van der Waals surface area contributed by atoms with Gasteiger partial charge in [-0.1, -0.05) is 25.2 Å². The number of amides is 2. The molecule has 1 atom stereocenters. The summed E-state index contributed by atoms with van der Waals surface area (Å²) in [6.45, 7) is 7.30. The van der Waals surface area contributed by atoms with E-state index in [1.54, 1.807) is 45.2 Å². The van der Waals surface area contributed by atoms with Crippen molar-refractivity contribution < 1.29 is 23.9 Å². The van der Waals surface area contributed by atoms with E-state index >= 15 is 0 Å². The highest BCUT2D eigenvalue weighted by Crippen LogP contribution is 2.24. The van der Waals surface area contributed by atoms with E-state index in [0.717, 1.165) is 11.3 Å². The third kappa shape index (κ3) is 5.77. The normalized spacial score (nSPS) is 11.7. The summed E-state index contributed by atoms with van der Waals surface area (Å²) < 4.78 is 10.1. The van der Waals surface area contributed by atoms with Crippen molar-refractivity contribution in [3.05, 3.63) is 40.4 Å². The molecule has 0 spiro atoms. The Morgan fingerprint density at radius 3 is 2.38 bits per heavy atom. The minimum Gasteiger partial charge on any atom is -0.497 e. The van der Waals surface area contributed by atoms with Crippen molar-refractivity contribution in [2.24, 2.45) is 5.92 Å². The number of anilines is 1. The second-order valence-electron chi connectivity index (χ2n) is 6.57. The van der Waals surface area contributed by atoms with Crippen LogP contribution in [0.3, 0.4) is 0 Å². The second-order valence-corrected chi connectivity index (χ2v) is 7.57. The number of hydrogen-bond acceptors (Lipinski definition) is 7. The number of carbonyl (C=O) groups is 3. The maximum Gasteiger partial charge on any atom is 0.350 e. The summed E-state index contributed by atoms with van der Waals surface area (Å²) in [5, 5.41) is 5.71. The van der Waals surface area contributed by atoms with Crippen molar-refractivity contribution in [1.29, 1.82) is 0 Å². The Kier molecular flexibility index (Phi) is 7.72. The molecule has 9 heteroatoms. The van der Waals surface area contributed by atoms with E-state index in [4.69, 9.17) is 9.47 Å². The number of ether oxygens (including phenoxy) is 2. The minimum absolute atomic E-state index is 0.164. The number of methoxy groups -OCH3 is 1. The van der Waals surface area contributed by atoms with Crippen molar-refractivity contribution in [3.63, 3.8) is 0 Å². The number of thiazole rings is 1. The van der Waals surface area contributed by atoms with E-state index in [2.05, 4.69) is 15.6 Å². The predicted molar refractivity (Wildman–Crippen MR) is 111 cm³/mol. The van der Waals surface area contributed by atoms with E-state index in [9.17, 15) is 14.4 Å². The zero-order valence-electron chi connectivity index (χ0n) is 17.1. The van der Waals surface area contributed by atoms with Gasteiger partial charge in [-0.3, -0.25) is 9.59 Å². The summed E-state index contributed by atoms with van der Waals surface area (Å²) in [5.74, 6) is -0.787. The molecule has 2 amide bonds. The number of aryl methyl sites for hydroxylation is 1. The summed E-state index contributed by atoms with van der Waals surface area (Å²) in [6, 6.07) is 5.82. The molecule has 156 valence electrons. The van der Waals surface area contributed by atoms with Crippen LogP contribution in [0.2, 0.25) is 0 Å². The van der Waals surface area contributed by atoms with Crippen LogP contribution in [0.4, 0.5) is 5.13 Å². The fraction of sp³-hybridized carbons (Fsp3) is 0.400. The van der Waals surface area contributed by atoms with E-state index in [-0.39, 0.29) is 23.6 Å². The first-order chi connectivity index (χ1) is 13.8. The Morgan fingerprint density at radius 1 is 1.17 bits per heavy atom. The SMILES string of the molecule is CCOC(=O)c1sc(NC(=O)C(NC(=O)c2ccc(OC)cc2)C(C)C)nc1C. The lowest BCUT2D eigenvalue weighted by molar-refractivity contribution is -0.118. The van der Waals surface area contributed by atoms with Crippen LogP contribution in [0, 0.1) is 12.8 Å². The lowest BCUT2D eigenvalue weighted by atomic mass is 10.0. The molecule has 2 rings (SSSR count). The number of aromatic nitrogens is 1. The van der Waals surface area contributed by atoms with Crippen molar-refractivity contribution in [3.8, 4) is 5.75 Å². The molecule has 1 aromatic heterocycles. The molecule has 0 aliphatic heterocycles. The fourth-order valence-electron chi connectivity index (χ4n) is 2.52. The van der Waals surface area contributed by atoms with Crippen molar-refractivity contribution in [2.45, 2.75) is 33.7 Å². The van der Waals surface area contributed by atoms with Crippen molar-refractivity contribution >= 4 is 34.3 Å². The van der Waals surface area contributed by atoms with E-state index in [1.165, 1.54) is 0 Å². The molecule has 0 radical (unpaired) electrons. The van der Waals surface area contributed by atoms with Gasteiger partial charge in [-0.15, -0.1) is 0 Å². The van der Waals surface area contributed by atoms with Gasteiger partial charge in [0.2, 0.25) is 5.91 Å². The maximum atomic E-state index is 12.7. The standard InChI is InChI=1S/C20H25N3O5S/c1-6-28-19(26)16-12(4)21-20(29-16)23-18(25)15(11(2)3)22-17(24)13-7-9-14(27-5)10-8-13/h7-11,15H,6H2,1-5H3,(H,22,24)(H,21,23,25). The zero-order chi connectivity index (χ0) is 21.6. The predicted octanol–water partition coefficient (Wildman–Crippen LogP) is 3.03. The van der Waals surface area contributed by atoms with Gasteiger partial charge in [0.25, 0.3) is 5.91 Å². The highest BCUT2D eigenvalue weighted by Gasteiger charge is 2.26. The third-order valence-corrected chi connectivity index (χ3v) is 5.13. The van der Waals surface area contributed by atoms with Crippen molar-refractivity contribution in [1.82, 2.24) is 10.3 Å². The van der Waals surface area contributed by atoms with Gasteiger partial charge in [0, 0.05) is 5.56 Å². The molecule has 0 saturated carbocycles. The van der Waals surface area contributed by atoms with Gasteiger partial charge in [0.05, 0.1) is 19.4 Å². The number of carbonyl (C=O) groups excluding carboxylic acids is 3. The van der Waals surface area contributed by atoms with Crippen LogP contribution in [0.5, 0.6) is 5.75 Å². The smallest absolute Gasteiger partial charge is 0.350 e. The Bertz CT molecular complexity index is 877. The minimum atomic E-state index is -0.778. The van der Waals surface area contributed by atoms with Gasteiger partial charge in [-0.05, 0) is 44.0 Å². The number of hydrogen-bond donors (Lipinski definition) is 2. The Hall–Kier alpha value is -2.94. The summed E-state index contributed by atoms with van der Waals surface area (Å²) in [4.78, 5) is 41.7. The second kappa shape index (κ2) is 10.0. The van der Waals surface area contributed by atoms with Crippen molar-refractivity contribution in [2.75, 3.05) is 19.0 Å². The molecule has 2 N–H and O–H groups in total. The first kappa shape index (κ1) is 22.4. The van der Waals surface area contributed by atoms with Crippen LogP contribution < -0.4 is 15.4 Å². The van der Waals surface area contributed by atoms with E-state index in [0.29, 0.717) is 21.9 Å². The molecule has 29 heavy (non-hydrogen) atoms. The summed E-state index contributed by atoms with van der Waals surface area (Å²) in [5.41, 5.74) is 0.894. The zero-order valence-corrected chi connectivity index (χ0v) is 17.9. The molecule has 0 aliphatic carbocycles. The highest BCUT2D eigenvalue weighted by atomic mass is 32.1. The summed E-state index contributed by atoms with van der Waals surface area (Å²) >= 11 is 1.04. The van der Waals surface area contributed by atoms with Gasteiger partial charge in [-0.25, -0.2) is 9.78 Å². The fourth-order valence-corrected chi connectivity index (χ4v) is 3.38. The molecular weight excluding hydrogens is 394 g/mol. The average Bonchev–Trinajstić information content (AvgIpc) is 3.05. The van der Waals surface area contributed by atoms with E-state index < -0.39 is 17.9 Å². The number of esters is 1. The lowest BCUT2D eigenvalue weighted by Gasteiger charge is -2.21. The van der Waals surface area contributed by atoms with Gasteiger partial charge in [0.1, 0.15) is 16.7 Å². The van der Waals surface area contributed by atoms with E-state index in [1.807, 2.05) is 13.8 Å². The third-order valence-electron chi connectivity index (χ3n) is 4.08. The monoisotopic (exact) mass is 419 g/mol. The Labute approximate surface area is 173 Å². The molecule has 1 heterocycles. The average molecular weight is 420 g/mol. The van der Waals surface area contributed by atoms with Crippen LogP contribution in [-0.2, 0) is 9.53 Å². The quantitative estimate of drug-likeness (QED) is 0.637. The topological polar surface area (TPSA) is 107 Å². The van der Waals surface area contributed by atoms with Gasteiger partial charge in [-0.2, -0.15) is 0 Å². The molecule has 0 aliphatic rings. The molecule has 0 saturated heterocycles. The molecule has 0 bridgehead atoms. The molecular formula is C20H25N3O5S. The Morgan fingerprint density at radius 2 is 1.83 bits per heavy atom. The molecule has 1 aromatic carbocycles. The van der Waals surface area contributed by atoms with Gasteiger partial charge >= 0.3 is 5.97 Å². The lowest BCUT2D eigenvalue weighted by Crippen LogP contribution is -2.47.